The fourth-order valence-corrected chi connectivity index (χ4v) is 0. The van der Waals surface area contributed by atoms with Gasteiger partial charge in [-0.25, -0.2) is 14.4 Å². The Kier molecular flexibility index (Phi) is 32.6. The minimum Gasteiger partial charge on any atom is -0.478 e. The average molecular weight is 258 g/mol. The normalized spacial score (nSPS) is 6.06. The Morgan fingerprint density at radius 2 is 0.778 bits per heavy atom. The third-order valence-electron chi connectivity index (χ3n) is 0.524. The maximum absolute atomic E-state index is 9.25. The van der Waals surface area contributed by atoms with Crippen LogP contribution >= 0.6 is 0 Å². The highest BCUT2D eigenvalue weighted by molar-refractivity contribution is 5.79. The molecule has 18 heavy (non-hydrogen) atoms. The summed E-state index contributed by atoms with van der Waals surface area (Å²) in [5.41, 5.74) is 0. The minimum atomic E-state index is -0.981. The molecule has 0 spiro atoms. The molecule has 6 nitrogen and oxygen atoms in total. The zero-order valence-electron chi connectivity index (χ0n) is 10.2. The fourth-order valence-electron chi connectivity index (χ4n) is 0. The lowest BCUT2D eigenvalue weighted by atomic mass is 10.7. The quantitative estimate of drug-likeness (QED) is 0.527. The first-order valence-corrected chi connectivity index (χ1v) is 4.36. The SMILES string of the molecule is C=CC.C=CC(=O)O.C=CC(=O)O.C=CC(=O)O. The van der Waals surface area contributed by atoms with Crippen LogP contribution < -0.4 is 0 Å². The lowest BCUT2D eigenvalue weighted by Crippen LogP contribution is -1.82. The summed E-state index contributed by atoms with van der Waals surface area (Å²) in [6.07, 6.45) is 4.25. The van der Waals surface area contributed by atoms with Crippen molar-refractivity contribution in [3.05, 3.63) is 50.6 Å². The summed E-state index contributed by atoms with van der Waals surface area (Å²) in [7, 11) is 0. The van der Waals surface area contributed by atoms with Crippen LogP contribution in [0.5, 0.6) is 0 Å². The second-order valence-electron chi connectivity index (χ2n) is 2.04. The van der Waals surface area contributed by atoms with Crippen molar-refractivity contribution in [3.8, 4) is 0 Å². The van der Waals surface area contributed by atoms with Gasteiger partial charge in [-0.1, -0.05) is 25.8 Å². The average Bonchev–Trinajstić information content (AvgIpc) is 2.31. The number of rotatable bonds is 3. The van der Waals surface area contributed by atoms with E-state index in [0.717, 1.165) is 18.2 Å². The smallest absolute Gasteiger partial charge is 0.327 e. The second kappa shape index (κ2) is 23.9. The number of carboxylic acids is 3. The van der Waals surface area contributed by atoms with Gasteiger partial charge in [0.1, 0.15) is 0 Å². The van der Waals surface area contributed by atoms with E-state index in [0.29, 0.717) is 0 Å². The van der Waals surface area contributed by atoms with Crippen molar-refractivity contribution in [1.29, 1.82) is 0 Å². The van der Waals surface area contributed by atoms with Gasteiger partial charge in [-0.15, -0.1) is 6.58 Å². The topological polar surface area (TPSA) is 112 Å². The zero-order valence-corrected chi connectivity index (χ0v) is 10.2. The van der Waals surface area contributed by atoms with E-state index < -0.39 is 17.9 Å². The number of carbonyl (C=O) groups is 3. The van der Waals surface area contributed by atoms with Gasteiger partial charge in [-0.05, 0) is 6.92 Å². The Balaban J connectivity index is -0.0000000739. The Morgan fingerprint density at radius 1 is 0.722 bits per heavy atom. The standard InChI is InChI=1S/3C3H4O2.C3H6/c3*1-2-3(4)5;1-3-2/h3*2H,1H2,(H,4,5);3H,1H2,2H3. The van der Waals surface area contributed by atoms with Gasteiger partial charge in [0.05, 0.1) is 0 Å². The number of hydrogen-bond donors (Lipinski definition) is 3. The largest absolute Gasteiger partial charge is 0.478 e. The van der Waals surface area contributed by atoms with Crippen molar-refractivity contribution < 1.29 is 29.7 Å². The van der Waals surface area contributed by atoms with Crippen molar-refractivity contribution in [2.75, 3.05) is 0 Å². The highest BCUT2D eigenvalue weighted by atomic mass is 16.4. The molecule has 0 aliphatic rings. The predicted octanol–water partition coefficient (Wildman–Crippen LogP) is 1.96. The van der Waals surface area contributed by atoms with Crippen molar-refractivity contribution in [1.82, 2.24) is 0 Å². The Labute approximate surface area is 106 Å². The van der Waals surface area contributed by atoms with Gasteiger partial charge in [-0.2, -0.15) is 0 Å². The van der Waals surface area contributed by atoms with Crippen molar-refractivity contribution in [2.45, 2.75) is 6.92 Å². The van der Waals surface area contributed by atoms with E-state index in [4.69, 9.17) is 15.3 Å². The number of hydrogen-bond acceptors (Lipinski definition) is 3. The molecule has 6 heteroatoms. The highest BCUT2D eigenvalue weighted by Gasteiger charge is 1.74. The second-order valence-corrected chi connectivity index (χ2v) is 2.04. The number of aliphatic carboxylic acids is 3. The van der Waals surface area contributed by atoms with Crippen LogP contribution in [0.4, 0.5) is 0 Å². The van der Waals surface area contributed by atoms with E-state index in [-0.39, 0.29) is 0 Å². The summed E-state index contributed by atoms with van der Waals surface area (Å²) in [5, 5.41) is 22.8. The molecule has 0 amide bonds. The first-order valence-electron chi connectivity index (χ1n) is 4.36. The molecule has 0 bridgehead atoms. The van der Waals surface area contributed by atoms with Crippen LogP contribution in [0.1, 0.15) is 6.92 Å². The molecule has 0 saturated heterocycles. The molecule has 102 valence electrons. The van der Waals surface area contributed by atoms with E-state index in [2.05, 4.69) is 26.3 Å². The molecule has 0 aliphatic heterocycles. The third kappa shape index (κ3) is 180. The Bertz CT molecular complexity index is 248. The molecule has 0 aliphatic carbocycles. The van der Waals surface area contributed by atoms with Crippen LogP contribution in [-0.4, -0.2) is 33.2 Å². The summed E-state index contributed by atoms with van der Waals surface area (Å²) in [4.78, 5) is 27.8. The van der Waals surface area contributed by atoms with Gasteiger partial charge in [0.15, 0.2) is 0 Å². The summed E-state index contributed by atoms with van der Waals surface area (Å²) in [6.45, 7) is 14.1. The molecule has 0 fully saturated rings. The summed E-state index contributed by atoms with van der Waals surface area (Å²) in [5.74, 6) is -2.94. The van der Waals surface area contributed by atoms with Crippen LogP contribution in [0.3, 0.4) is 0 Å². The van der Waals surface area contributed by atoms with Gasteiger partial charge in [0.2, 0.25) is 0 Å². The maximum Gasteiger partial charge on any atom is 0.327 e. The van der Waals surface area contributed by atoms with E-state index in [9.17, 15) is 14.4 Å². The van der Waals surface area contributed by atoms with E-state index >= 15 is 0 Å². The first-order chi connectivity index (χ1) is 8.22. The van der Waals surface area contributed by atoms with Crippen LogP contribution in [0.2, 0.25) is 0 Å². The molecule has 0 aromatic rings. The molecule has 0 radical (unpaired) electrons. The maximum atomic E-state index is 9.25. The number of allylic oxidation sites excluding steroid dienone is 1. The lowest BCUT2D eigenvalue weighted by molar-refractivity contribution is -0.132. The Morgan fingerprint density at radius 3 is 0.778 bits per heavy atom. The molecule has 0 aromatic carbocycles. The molecule has 0 heterocycles. The molecule has 0 atom stereocenters. The van der Waals surface area contributed by atoms with Crippen molar-refractivity contribution in [2.24, 2.45) is 0 Å². The van der Waals surface area contributed by atoms with E-state index in [1.54, 1.807) is 6.08 Å². The summed E-state index contributed by atoms with van der Waals surface area (Å²) in [6, 6.07) is 0. The van der Waals surface area contributed by atoms with E-state index in [1.807, 2.05) is 6.92 Å². The molecular formula is C12H18O6. The first kappa shape index (κ1) is 24.6. The summed E-state index contributed by atoms with van der Waals surface area (Å²) >= 11 is 0. The zero-order chi connectivity index (χ0) is 15.6. The molecule has 0 rings (SSSR count). The van der Waals surface area contributed by atoms with Gasteiger partial charge < -0.3 is 15.3 Å². The molecule has 0 saturated carbocycles. The van der Waals surface area contributed by atoms with Crippen LogP contribution in [-0.2, 0) is 14.4 Å². The molecule has 3 N–H and O–H groups in total. The minimum absolute atomic E-state index is 0.833. The van der Waals surface area contributed by atoms with E-state index in [1.165, 1.54) is 0 Å². The highest BCUT2D eigenvalue weighted by Crippen LogP contribution is 1.55. The van der Waals surface area contributed by atoms with Gasteiger partial charge in [0, 0.05) is 18.2 Å². The molecular weight excluding hydrogens is 240 g/mol. The van der Waals surface area contributed by atoms with Crippen LogP contribution in [0, 0.1) is 0 Å². The summed E-state index contributed by atoms with van der Waals surface area (Å²) < 4.78 is 0. The monoisotopic (exact) mass is 258 g/mol. The van der Waals surface area contributed by atoms with Crippen LogP contribution in [0.25, 0.3) is 0 Å². The number of carboxylic acid groups (broad SMARTS) is 3. The van der Waals surface area contributed by atoms with Crippen LogP contribution in [0.15, 0.2) is 50.6 Å². The van der Waals surface area contributed by atoms with Crippen molar-refractivity contribution in [3.63, 3.8) is 0 Å². The van der Waals surface area contributed by atoms with Gasteiger partial charge in [0.25, 0.3) is 0 Å². The molecule has 0 unspecified atom stereocenters. The molecule has 0 aromatic heterocycles. The Hall–Kier alpha value is -2.63. The third-order valence-corrected chi connectivity index (χ3v) is 0.524. The lowest BCUT2D eigenvalue weighted by Gasteiger charge is -1.64. The predicted molar refractivity (Wildman–Crippen MR) is 69.4 cm³/mol. The van der Waals surface area contributed by atoms with Crippen molar-refractivity contribution >= 4 is 17.9 Å². The van der Waals surface area contributed by atoms with Gasteiger partial charge in [-0.3, -0.25) is 0 Å². The van der Waals surface area contributed by atoms with Gasteiger partial charge >= 0.3 is 17.9 Å². The fraction of sp³-hybridized carbons (Fsp3) is 0.0833.